The van der Waals surface area contributed by atoms with Gasteiger partial charge in [0.25, 0.3) is 0 Å². The molecule has 0 N–H and O–H groups in total. The fourth-order valence-electron chi connectivity index (χ4n) is 0.860. The summed E-state index contributed by atoms with van der Waals surface area (Å²) >= 11 is 1.62. The van der Waals surface area contributed by atoms with Crippen LogP contribution >= 0.6 is 11.8 Å². The van der Waals surface area contributed by atoms with Crippen LogP contribution in [0.5, 0.6) is 5.75 Å². The normalized spacial score (nSPS) is 9.83. The van der Waals surface area contributed by atoms with Crippen LogP contribution in [-0.2, 0) is 4.74 Å². The van der Waals surface area contributed by atoms with Gasteiger partial charge in [-0.2, -0.15) is 0 Å². The van der Waals surface area contributed by atoms with Gasteiger partial charge in [0.2, 0.25) is 0 Å². The van der Waals surface area contributed by atoms with Gasteiger partial charge < -0.3 is 9.47 Å². The molecule has 0 unspecified atom stereocenters. The lowest BCUT2D eigenvalue weighted by Crippen LogP contribution is -1.87. The molecule has 0 aromatic heterocycles. The van der Waals surface area contributed by atoms with E-state index in [4.69, 9.17) is 9.47 Å². The summed E-state index contributed by atoms with van der Waals surface area (Å²) < 4.78 is 10.1. The zero-order valence-corrected chi connectivity index (χ0v) is 8.06. The van der Waals surface area contributed by atoms with E-state index in [2.05, 4.69) is 0 Å². The highest BCUT2D eigenvalue weighted by Crippen LogP contribution is 2.28. The Morgan fingerprint density at radius 3 is 2.67 bits per heavy atom. The first-order valence-electron chi connectivity index (χ1n) is 3.63. The molecular formula is C9H12O2S. The van der Waals surface area contributed by atoms with E-state index < -0.39 is 0 Å². The molecule has 0 heterocycles. The summed E-state index contributed by atoms with van der Waals surface area (Å²) in [5.74, 6) is 1.56. The Morgan fingerprint density at radius 2 is 2.00 bits per heavy atom. The van der Waals surface area contributed by atoms with Crippen molar-refractivity contribution < 1.29 is 9.47 Å². The lowest BCUT2D eigenvalue weighted by molar-refractivity contribution is 0.258. The van der Waals surface area contributed by atoms with Gasteiger partial charge in [0, 0.05) is 7.11 Å². The molecule has 12 heavy (non-hydrogen) atoms. The average molecular weight is 184 g/mol. The standard InChI is InChI=1S/C9H12O2S/c1-10-7-12-9-6-4-3-5-8(9)11-2/h3-6H,7H2,1-2H3. The first kappa shape index (κ1) is 9.42. The van der Waals surface area contributed by atoms with Crippen molar-refractivity contribution in [1.82, 2.24) is 0 Å². The minimum Gasteiger partial charge on any atom is -0.496 e. The molecule has 0 saturated heterocycles. The molecule has 1 aromatic carbocycles. The van der Waals surface area contributed by atoms with Crippen LogP contribution in [0.4, 0.5) is 0 Å². The van der Waals surface area contributed by atoms with E-state index in [1.807, 2.05) is 24.3 Å². The summed E-state index contributed by atoms with van der Waals surface area (Å²) in [5, 5.41) is 0. The van der Waals surface area contributed by atoms with Gasteiger partial charge in [0.05, 0.1) is 17.9 Å². The molecule has 0 spiro atoms. The third-order valence-corrected chi connectivity index (χ3v) is 2.40. The maximum Gasteiger partial charge on any atom is 0.132 e. The van der Waals surface area contributed by atoms with Crippen LogP contribution in [0.1, 0.15) is 0 Å². The monoisotopic (exact) mass is 184 g/mol. The van der Waals surface area contributed by atoms with E-state index in [0.717, 1.165) is 10.6 Å². The van der Waals surface area contributed by atoms with Crippen molar-refractivity contribution in [3.63, 3.8) is 0 Å². The average Bonchev–Trinajstić information content (AvgIpc) is 2.15. The number of para-hydroxylation sites is 1. The van der Waals surface area contributed by atoms with Gasteiger partial charge in [-0.05, 0) is 12.1 Å². The Labute approximate surface area is 76.9 Å². The van der Waals surface area contributed by atoms with Crippen LogP contribution in [0.25, 0.3) is 0 Å². The van der Waals surface area contributed by atoms with E-state index in [9.17, 15) is 0 Å². The van der Waals surface area contributed by atoms with Gasteiger partial charge in [-0.3, -0.25) is 0 Å². The van der Waals surface area contributed by atoms with Crippen molar-refractivity contribution in [3.8, 4) is 5.75 Å². The van der Waals surface area contributed by atoms with Crippen molar-refractivity contribution in [2.45, 2.75) is 4.90 Å². The molecule has 1 aromatic rings. The van der Waals surface area contributed by atoms with Gasteiger partial charge in [-0.1, -0.05) is 23.9 Å². The third-order valence-electron chi connectivity index (χ3n) is 1.40. The first-order chi connectivity index (χ1) is 5.88. The summed E-state index contributed by atoms with van der Waals surface area (Å²) in [5.41, 5.74) is 0. The number of methoxy groups -OCH3 is 2. The lowest BCUT2D eigenvalue weighted by atomic mass is 10.3. The topological polar surface area (TPSA) is 18.5 Å². The largest absolute Gasteiger partial charge is 0.496 e. The van der Waals surface area contributed by atoms with Crippen molar-refractivity contribution in [2.75, 3.05) is 20.2 Å². The van der Waals surface area contributed by atoms with E-state index in [1.54, 1.807) is 26.0 Å². The Kier molecular flexibility index (Phi) is 3.97. The fraction of sp³-hybridized carbons (Fsp3) is 0.333. The van der Waals surface area contributed by atoms with E-state index >= 15 is 0 Å². The van der Waals surface area contributed by atoms with Crippen molar-refractivity contribution in [2.24, 2.45) is 0 Å². The molecule has 0 fully saturated rings. The second-order valence-electron chi connectivity index (χ2n) is 2.20. The summed E-state index contributed by atoms with van der Waals surface area (Å²) in [4.78, 5) is 1.11. The zero-order chi connectivity index (χ0) is 8.81. The highest BCUT2D eigenvalue weighted by Gasteiger charge is 2.00. The first-order valence-corrected chi connectivity index (χ1v) is 4.62. The second-order valence-corrected chi connectivity index (χ2v) is 3.17. The summed E-state index contributed by atoms with van der Waals surface area (Å²) in [6.45, 7) is 0. The van der Waals surface area contributed by atoms with Gasteiger partial charge in [-0.25, -0.2) is 0 Å². The maximum absolute atomic E-state index is 5.17. The van der Waals surface area contributed by atoms with Gasteiger partial charge in [0.1, 0.15) is 5.75 Å². The predicted molar refractivity (Wildman–Crippen MR) is 50.7 cm³/mol. The van der Waals surface area contributed by atoms with Gasteiger partial charge in [0.15, 0.2) is 0 Å². The zero-order valence-electron chi connectivity index (χ0n) is 7.24. The van der Waals surface area contributed by atoms with Crippen LogP contribution < -0.4 is 4.74 Å². The van der Waals surface area contributed by atoms with Gasteiger partial charge in [-0.15, -0.1) is 0 Å². The molecule has 0 bridgehead atoms. The van der Waals surface area contributed by atoms with E-state index in [1.165, 1.54) is 0 Å². The SMILES string of the molecule is COCSc1ccccc1OC. The molecule has 0 aliphatic heterocycles. The van der Waals surface area contributed by atoms with E-state index in [-0.39, 0.29) is 0 Å². The highest BCUT2D eigenvalue weighted by molar-refractivity contribution is 7.99. The molecule has 2 nitrogen and oxygen atoms in total. The minimum absolute atomic E-state index is 0.653. The molecule has 0 radical (unpaired) electrons. The van der Waals surface area contributed by atoms with Gasteiger partial charge >= 0.3 is 0 Å². The smallest absolute Gasteiger partial charge is 0.132 e. The molecule has 0 aliphatic rings. The quantitative estimate of drug-likeness (QED) is 0.529. The fourth-order valence-corrected chi connectivity index (χ4v) is 1.57. The molecule has 1 rings (SSSR count). The van der Waals surface area contributed by atoms with Crippen molar-refractivity contribution >= 4 is 11.8 Å². The summed E-state index contributed by atoms with van der Waals surface area (Å²) in [6, 6.07) is 7.90. The molecule has 66 valence electrons. The Bertz CT molecular complexity index is 238. The number of hydrogen-bond donors (Lipinski definition) is 0. The molecule has 3 heteroatoms. The number of ether oxygens (including phenoxy) is 2. The number of hydrogen-bond acceptors (Lipinski definition) is 3. The van der Waals surface area contributed by atoms with Crippen LogP contribution in [0.2, 0.25) is 0 Å². The number of benzene rings is 1. The van der Waals surface area contributed by atoms with Crippen LogP contribution in [0, 0.1) is 0 Å². The highest BCUT2D eigenvalue weighted by atomic mass is 32.2. The minimum atomic E-state index is 0.653. The number of thioether (sulfide) groups is 1. The summed E-state index contributed by atoms with van der Waals surface area (Å²) in [6.07, 6.45) is 0. The Morgan fingerprint density at radius 1 is 1.25 bits per heavy atom. The van der Waals surface area contributed by atoms with Crippen molar-refractivity contribution in [1.29, 1.82) is 0 Å². The van der Waals surface area contributed by atoms with Crippen LogP contribution in [0.15, 0.2) is 29.2 Å². The predicted octanol–water partition coefficient (Wildman–Crippen LogP) is 2.39. The molecule has 0 aliphatic carbocycles. The number of rotatable bonds is 4. The Balaban J connectivity index is 2.68. The maximum atomic E-state index is 5.17. The second kappa shape index (κ2) is 5.06. The molecule has 0 saturated carbocycles. The molecule has 0 atom stereocenters. The molecule has 0 amide bonds. The molecular weight excluding hydrogens is 172 g/mol. The van der Waals surface area contributed by atoms with Crippen LogP contribution in [-0.4, -0.2) is 20.2 Å². The lowest BCUT2D eigenvalue weighted by Gasteiger charge is -2.05. The van der Waals surface area contributed by atoms with E-state index in [0.29, 0.717) is 5.94 Å². The van der Waals surface area contributed by atoms with Crippen molar-refractivity contribution in [3.05, 3.63) is 24.3 Å². The summed E-state index contributed by atoms with van der Waals surface area (Å²) in [7, 11) is 3.36. The third kappa shape index (κ3) is 2.43. The Hall–Kier alpha value is -0.670. The van der Waals surface area contributed by atoms with Crippen LogP contribution in [0.3, 0.4) is 0 Å².